The molecule has 0 saturated heterocycles. The summed E-state index contributed by atoms with van der Waals surface area (Å²) < 4.78 is 29.6. The fraction of sp³-hybridized carbons (Fsp3) is 0.625. The largest absolute Gasteiger partial charge is 0.463 e. The maximum Gasteiger partial charge on any atom is 0.333 e. The van der Waals surface area contributed by atoms with Crippen LogP contribution in [0.3, 0.4) is 0 Å². The molecule has 1 aliphatic carbocycles. The summed E-state index contributed by atoms with van der Waals surface area (Å²) in [4.78, 5) is 10.9. The van der Waals surface area contributed by atoms with Gasteiger partial charge in [-0.2, -0.15) is 0 Å². The van der Waals surface area contributed by atoms with Crippen LogP contribution in [0.25, 0.3) is 0 Å². The first-order chi connectivity index (χ1) is 5.55. The minimum absolute atomic E-state index is 0.0989. The third kappa shape index (κ3) is 2.03. The van der Waals surface area contributed by atoms with Crippen LogP contribution in [0.2, 0.25) is 0 Å². The predicted molar refractivity (Wildman–Crippen MR) is 38.9 cm³/mol. The van der Waals surface area contributed by atoms with Crippen LogP contribution < -0.4 is 0 Å². The number of carbonyl (C=O) groups excluding carboxylic acids is 1. The van der Waals surface area contributed by atoms with Gasteiger partial charge >= 0.3 is 5.97 Å². The number of allylic oxidation sites excluding steroid dienone is 1. The first-order valence-corrected chi connectivity index (χ1v) is 3.82. The van der Waals surface area contributed by atoms with Crippen molar-refractivity contribution < 1.29 is 18.3 Å². The molecule has 0 aromatic rings. The zero-order valence-electron chi connectivity index (χ0n) is 6.77. The van der Waals surface area contributed by atoms with Crippen molar-refractivity contribution in [3.63, 3.8) is 0 Å². The lowest BCUT2D eigenvalue weighted by Crippen LogP contribution is -2.07. The van der Waals surface area contributed by atoms with E-state index in [0.717, 1.165) is 0 Å². The van der Waals surface area contributed by atoms with Gasteiger partial charge in [0.2, 0.25) is 0 Å². The number of alkyl halides is 2. The summed E-state index contributed by atoms with van der Waals surface area (Å²) in [6, 6.07) is 0. The average molecular weight is 176 g/mol. The molecule has 2 nitrogen and oxygen atoms in total. The van der Waals surface area contributed by atoms with Gasteiger partial charge in [0.15, 0.2) is 0 Å². The van der Waals surface area contributed by atoms with E-state index in [2.05, 4.69) is 4.74 Å². The SMILES string of the molecule is CCOC(=O)C1=CC(F)(F)CC1. The summed E-state index contributed by atoms with van der Waals surface area (Å²) in [5.74, 6) is -3.43. The molecular formula is C8H10F2O2. The molecule has 0 aliphatic heterocycles. The zero-order chi connectivity index (χ0) is 9.19. The molecule has 0 aromatic heterocycles. The number of carbonyl (C=O) groups is 1. The number of hydrogen-bond acceptors (Lipinski definition) is 2. The number of hydrogen-bond donors (Lipinski definition) is 0. The van der Waals surface area contributed by atoms with Crippen LogP contribution in [-0.2, 0) is 9.53 Å². The van der Waals surface area contributed by atoms with Gasteiger partial charge in [-0.1, -0.05) is 0 Å². The molecule has 1 aliphatic rings. The number of ether oxygens (including phenoxy) is 1. The first kappa shape index (κ1) is 9.16. The molecule has 0 spiro atoms. The summed E-state index contributed by atoms with van der Waals surface area (Å²) in [6.45, 7) is 1.87. The van der Waals surface area contributed by atoms with Crippen molar-refractivity contribution in [2.45, 2.75) is 25.7 Å². The van der Waals surface area contributed by atoms with Gasteiger partial charge in [-0.25, -0.2) is 13.6 Å². The van der Waals surface area contributed by atoms with E-state index in [9.17, 15) is 13.6 Å². The van der Waals surface area contributed by atoms with E-state index in [-0.39, 0.29) is 25.0 Å². The maximum absolute atomic E-state index is 12.5. The van der Waals surface area contributed by atoms with Crippen LogP contribution in [0.1, 0.15) is 19.8 Å². The normalized spacial score (nSPS) is 20.4. The third-order valence-corrected chi connectivity index (χ3v) is 1.65. The number of halogens is 2. The van der Waals surface area contributed by atoms with E-state index in [4.69, 9.17) is 0 Å². The van der Waals surface area contributed by atoms with Crippen LogP contribution in [0.5, 0.6) is 0 Å². The molecule has 0 amide bonds. The Morgan fingerprint density at radius 2 is 2.42 bits per heavy atom. The lowest BCUT2D eigenvalue weighted by molar-refractivity contribution is -0.138. The van der Waals surface area contributed by atoms with E-state index in [1.165, 1.54) is 0 Å². The van der Waals surface area contributed by atoms with Crippen molar-refractivity contribution in [2.24, 2.45) is 0 Å². The van der Waals surface area contributed by atoms with Crippen LogP contribution in [0, 0.1) is 0 Å². The van der Waals surface area contributed by atoms with Gasteiger partial charge in [-0.15, -0.1) is 0 Å². The van der Waals surface area contributed by atoms with Gasteiger partial charge < -0.3 is 4.74 Å². The standard InChI is InChI=1S/C8H10F2O2/c1-2-12-7(11)6-3-4-8(9,10)5-6/h5H,2-4H2,1H3. The summed E-state index contributed by atoms with van der Waals surface area (Å²) in [5.41, 5.74) is 0.0989. The van der Waals surface area contributed by atoms with Gasteiger partial charge in [0.1, 0.15) is 0 Å². The molecule has 1 rings (SSSR count). The van der Waals surface area contributed by atoms with Gasteiger partial charge in [-0.3, -0.25) is 0 Å². The van der Waals surface area contributed by atoms with Gasteiger partial charge in [-0.05, 0) is 19.4 Å². The lowest BCUT2D eigenvalue weighted by Gasteiger charge is -2.00. The highest BCUT2D eigenvalue weighted by atomic mass is 19.3. The second-order valence-corrected chi connectivity index (χ2v) is 2.65. The zero-order valence-corrected chi connectivity index (χ0v) is 6.77. The number of rotatable bonds is 2. The Balaban J connectivity index is 2.60. The highest BCUT2D eigenvalue weighted by Gasteiger charge is 2.34. The van der Waals surface area contributed by atoms with E-state index in [0.29, 0.717) is 6.08 Å². The van der Waals surface area contributed by atoms with Crippen molar-refractivity contribution in [1.82, 2.24) is 0 Å². The van der Waals surface area contributed by atoms with Crippen LogP contribution in [0.15, 0.2) is 11.6 Å². The van der Waals surface area contributed by atoms with Gasteiger partial charge in [0.25, 0.3) is 5.92 Å². The molecule has 0 bridgehead atoms. The molecule has 4 heteroatoms. The summed E-state index contributed by atoms with van der Waals surface area (Å²) in [5, 5.41) is 0. The Bertz CT molecular complexity index is 221. The molecule has 12 heavy (non-hydrogen) atoms. The molecule has 0 N–H and O–H groups in total. The number of esters is 1. The van der Waals surface area contributed by atoms with Crippen molar-refractivity contribution in [2.75, 3.05) is 6.61 Å². The van der Waals surface area contributed by atoms with E-state index in [1.54, 1.807) is 6.92 Å². The molecule has 0 unspecified atom stereocenters. The monoisotopic (exact) mass is 176 g/mol. The second kappa shape index (κ2) is 3.21. The Hall–Kier alpha value is -0.930. The molecule has 0 saturated carbocycles. The van der Waals surface area contributed by atoms with Crippen molar-refractivity contribution >= 4 is 5.97 Å². The third-order valence-electron chi connectivity index (χ3n) is 1.65. The Morgan fingerprint density at radius 1 is 1.75 bits per heavy atom. The predicted octanol–water partition coefficient (Wildman–Crippen LogP) is 1.91. The smallest absolute Gasteiger partial charge is 0.333 e. The lowest BCUT2D eigenvalue weighted by atomic mass is 10.2. The molecule has 0 atom stereocenters. The quantitative estimate of drug-likeness (QED) is 0.600. The highest BCUT2D eigenvalue weighted by Crippen LogP contribution is 2.33. The van der Waals surface area contributed by atoms with Crippen molar-refractivity contribution in [1.29, 1.82) is 0 Å². The molecule has 0 fully saturated rings. The molecule has 68 valence electrons. The Labute approximate surface area is 69.2 Å². The molecule has 0 aromatic carbocycles. The maximum atomic E-state index is 12.5. The summed E-state index contributed by atoms with van der Waals surface area (Å²) in [7, 11) is 0. The Kier molecular flexibility index (Phi) is 2.45. The molecular weight excluding hydrogens is 166 g/mol. The van der Waals surface area contributed by atoms with Gasteiger partial charge in [0.05, 0.1) is 6.61 Å². The highest BCUT2D eigenvalue weighted by molar-refractivity contribution is 5.89. The minimum Gasteiger partial charge on any atom is -0.463 e. The first-order valence-electron chi connectivity index (χ1n) is 3.82. The fourth-order valence-corrected chi connectivity index (χ4v) is 1.09. The van der Waals surface area contributed by atoms with E-state index < -0.39 is 11.9 Å². The Morgan fingerprint density at radius 3 is 2.83 bits per heavy atom. The van der Waals surface area contributed by atoms with Crippen molar-refractivity contribution in [3.05, 3.63) is 11.6 Å². The fourth-order valence-electron chi connectivity index (χ4n) is 1.09. The van der Waals surface area contributed by atoms with Crippen molar-refractivity contribution in [3.8, 4) is 0 Å². The topological polar surface area (TPSA) is 26.3 Å². The molecule has 0 heterocycles. The minimum atomic E-state index is -2.82. The van der Waals surface area contributed by atoms with E-state index >= 15 is 0 Å². The summed E-state index contributed by atoms with van der Waals surface area (Å²) >= 11 is 0. The second-order valence-electron chi connectivity index (χ2n) is 2.65. The summed E-state index contributed by atoms with van der Waals surface area (Å²) in [6.07, 6.45) is 0.540. The van der Waals surface area contributed by atoms with Gasteiger partial charge in [0, 0.05) is 12.0 Å². The van der Waals surface area contributed by atoms with E-state index in [1.807, 2.05) is 0 Å². The van der Waals surface area contributed by atoms with Crippen LogP contribution in [0.4, 0.5) is 8.78 Å². The average Bonchev–Trinajstić information content (AvgIpc) is 2.31. The van der Waals surface area contributed by atoms with Crippen LogP contribution >= 0.6 is 0 Å². The molecule has 0 radical (unpaired) electrons. The van der Waals surface area contributed by atoms with Crippen LogP contribution in [-0.4, -0.2) is 18.5 Å².